The molecule has 0 bridgehead atoms. The molecular formula is C20H26N2O4S. The first-order chi connectivity index (χ1) is 12.8. The second-order valence-electron chi connectivity index (χ2n) is 6.49. The Kier molecular flexibility index (Phi) is 6.98. The fraction of sp³-hybridized carbons (Fsp3) is 0.350. The summed E-state index contributed by atoms with van der Waals surface area (Å²) in [4.78, 5) is 12.6. The van der Waals surface area contributed by atoms with Gasteiger partial charge < -0.3 is 10.1 Å². The molecule has 0 saturated carbocycles. The van der Waals surface area contributed by atoms with Gasteiger partial charge >= 0.3 is 0 Å². The number of amides is 1. The van der Waals surface area contributed by atoms with Crippen LogP contribution >= 0.6 is 0 Å². The van der Waals surface area contributed by atoms with E-state index < -0.39 is 10.0 Å². The molecule has 0 saturated heterocycles. The number of nitrogens with one attached hydrogen (secondary N) is 2. The Balaban J connectivity index is 2.29. The number of rotatable bonds is 8. The number of benzene rings is 2. The van der Waals surface area contributed by atoms with Crippen molar-refractivity contribution in [3.63, 3.8) is 0 Å². The van der Waals surface area contributed by atoms with E-state index in [0.717, 1.165) is 18.4 Å². The minimum absolute atomic E-state index is 0.0745. The van der Waals surface area contributed by atoms with Gasteiger partial charge in [0.25, 0.3) is 5.91 Å². The van der Waals surface area contributed by atoms with Crippen molar-refractivity contribution < 1.29 is 17.9 Å². The number of sulfonamides is 1. The van der Waals surface area contributed by atoms with E-state index in [-0.39, 0.29) is 16.8 Å². The van der Waals surface area contributed by atoms with Gasteiger partial charge in [-0.05, 0) is 50.6 Å². The van der Waals surface area contributed by atoms with Gasteiger partial charge in [0.2, 0.25) is 10.0 Å². The van der Waals surface area contributed by atoms with Gasteiger partial charge in [-0.15, -0.1) is 0 Å². The van der Waals surface area contributed by atoms with E-state index in [4.69, 9.17) is 4.74 Å². The number of aryl methyl sites for hydroxylation is 1. The number of carbonyl (C=O) groups is 1. The molecule has 146 valence electrons. The quantitative estimate of drug-likeness (QED) is 0.719. The lowest BCUT2D eigenvalue weighted by molar-refractivity contribution is 0.102. The molecule has 2 N–H and O–H groups in total. The zero-order chi connectivity index (χ0) is 20.0. The molecule has 0 aliphatic carbocycles. The van der Waals surface area contributed by atoms with E-state index in [1.807, 2.05) is 32.9 Å². The van der Waals surface area contributed by atoms with Crippen molar-refractivity contribution in [1.82, 2.24) is 4.72 Å². The summed E-state index contributed by atoms with van der Waals surface area (Å²) in [6.07, 6.45) is 1.62. The highest BCUT2D eigenvalue weighted by molar-refractivity contribution is 7.89. The molecule has 0 aliphatic rings. The highest BCUT2D eigenvalue weighted by Gasteiger charge is 2.20. The summed E-state index contributed by atoms with van der Waals surface area (Å²) in [5, 5.41) is 2.73. The molecule has 0 spiro atoms. The summed E-state index contributed by atoms with van der Waals surface area (Å²) in [6.45, 7) is 5.76. The Morgan fingerprint density at radius 3 is 2.41 bits per heavy atom. The van der Waals surface area contributed by atoms with Gasteiger partial charge in [-0.3, -0.25) is 4.79 Å². The van der Waals surface area contributed by atoms with Crippen LogP contribution < -0.4 is 14.8 Å². The Bertz CT molecular complexity index is 893. The molecule has 2 rings (SSSR count). The average molecular weight is 391 g/mol. The molecule has 0 unspecified atom stereocenters. The molecule has 0 aromatic heterocycles. The van der Waals surface area contributed by atoms with Crippen molar-refractivity contribution in [2.75, 3.05) is 12.4 Å². The van der Waals surface area contributed by atoms with Crippen LogP contribution in [0.1, 0.15) is 42.6 Å². The molecular weight excluding hydrogens is 364 g/mol. The molecule has 0 fully saturated rings. The smallest absolute Gasteiger partial charge is 0.255 e. The van der Waals surface area contributed by atoms with E-state index in [0.29, 0.717) is 17.0 Å². The largest absolute Gasteiger partial charge is 0.495 e. The molecule has 1 amide bonds. The van der Waals surface area contributed by atoms with Crippen LogP contribution in [-0.4, -0.2) is 27.5 Å². The van der Waals surface area contributed by atoms with Gasteiger partial charge in [-0.2, -0.15) is 0 Å². The van der Waals surface area contributed by atoms with Crippen LogP contribution in [0.3, 0.4) is 0 Å². The molecule has 7 heteroatoms. The monoisotopic (exact) mass is 390 g/mol. The summed E-state index contributed by atoms with van der Waals surface area (Å²) in [5.41, 5.74) is 1.82. The number of carbonyl (C=O) groups excluding carboxylic acids is 1. The predicted molar refractivity (Wildman–Crippen MR) is 107 cm³/mol. The maximum Gasteiger partial charge on any atom is 0.255 e. The van der Waals surface area contributed by atoms with Crippen molar-refractivity contribution in [3.8, 4) is 5.75 Å². The number of hydrogen-bond donors (Lipinski definition) is 2. The molecule has 2 aromatic carbocycles. The van der Waals surface area contributed by atoms with Gasteiger partial charge in [-0.1, -0.05) is 31.0 Å². The number of methoxy groups -OCH3 is 1. The van der Waals surface area contributed by atoms with Crippen LogP contribution in [0.2, 0.25) is 0 Å². The summed E-state index contributed by atoms with van der Waals surface area (Å²) >= 11 is 0. The van der Waals surface area contributed by atoms with Crippen molar-refractivity contribution in [1.29, 1.82) is 0 Å². The first kappa shape index (κ1) is 20.9. The fourth-order valence-corrected chi connectivity index (χ4v) is 3.98. The third kappa shape index (κ3) is 5.55. The first-order valence-corrected chi connectivity index (χ1v) is 10.3. The van der Waals surface area contributed by atoms with Crippen LogP contribution in [-0.2, 0) is 10.0 Å². The molecule has 0 aliphatic heterocycles. The van der Waals surface area contributed by atoms with E-state index in [1.54, 1.807) is 12.1 Å². The SMILES string of the molecule is CCC[C@@H](C)NS(=O)(=O)c1ccc(OC)c(NC(=O)c2ccc(C)cc2)c1. The summed E-state index contributed by atoms with van der Waals surface area (Å²) in [6, 6.07) is 11.3. The second kappa shape index (κ2) is 9.01. The highest BCUT2D eigenvalue weighted by atomic mass is 32.2. The van der Waals surface area contributed by atoms with Gasteiger partial charge in [-0.25, -0.2) is 13.1 Å². The lowest BCUT2D eigenvalue weighted by Crippen LogP contribution is -2.32. The average Bonchev–Trinajstić information content (AvgIpc) is 2.62. The number of anilines is 1. The fourth-order valence-electron chi connectivity index (χ4n) is 2.68. The zero-order valence-corrected chi connectivity index (χ0v) is 16.9. The second-order valence-corrected chi connectivity index (χ2v) is 8.21. The first-order valence-electron chi connectivity index (χ1n) is 8.85. The summed E-state index contributed by atoms with van der Waals surface area (Å²) < 4.78 is 33.1. The minimum Gasteiger partial charge on any atom is -0.495 e. The minimum atomic E-state index is -3.69. The molecule has 2 aromatic rings. The van der Waals surface area contributed by atoms with Crippen LogP contribution in [0.5, 0.6) is 5.75 Å². The molecule has 27 heavy (non-hydrogen) atoms. The van der Waals surface area contributed by atoms with E-state index in [2.05, 4.69) is 10.0 Å². The zero-order valence-electron chi connectivity index (χ0n) is 16.1. The van der Waals surface area contributed by atoms with E-state index >= 15 is 0 Å². The van der Waals surface area contributed by atoms with Crippen LogP contribution in [0.25, 0.3) is 0 Å². The Morgan fingerprint density at radius 2 is 1.81 bits per heavy atom. The highest BCUT2D eigenvalue weighted by Crippen LogP contribution is 2.28. The van der Waals surface area contributed by atoms with Gasteiger partial charge in [0.15, 0.2) is 0 Å². The Hall–Kier alpha value is -2.38. The van der Waals surface area contributed by atoms with Crippen molar-refractivity contribution in [3.05, 3.63) is 53.6 Å². The van der Waals surface area contributed by atoms with Crippen LogP contribution in [0, 0.1) is 6.92 Å². The van der Waals surface area contributed by atoms with Gasteiger partial charge in [0.1, 0.15) is 5.75 Å². The lowest BCUT2D eigenvalue weighted by Gasteiger charge is -2.16. The van der Waals surface area contributed by atoms with Crippen molar-refractivity contribution in [2.24, 2.45) is 0 Å². The van der Waals surface area contributed by atoms with E-state index in [9.17, 15) is 13.2 Å². The maximum absolute atomic E-state index is 12.6. The molecule has 0 heterocycles. The van der Waals surface area contributed by atoms with Crippen LogP contribution in [0.15, 0.2) is 47.4 Å². The Labute approximate surface area is 161 Å². The van der Waals surface area contributed by atoms with Crippen LogP contribution in [0.4, 0.5) is 5.69 Å². The Morgan fingerprint density at radius 1 is 1.15 bits per heavy atom. The van der Waals surface area contributed by atoms with E-state index in [1.165, 1.54) is 25.3 Å². The maximum atomic E-state index is 12.6. The molecule has 0 radical (unpaired) electrons. The number of hydrogen-bond acceptors (Lipinski definition) is 4. The topological polar surface area (TPSA) is 84.5 Å². The molecule has 1 atom stereocenters. The summed E-state index contributed by atoms with van der Waals surface area (Å²) in [7, 11) is -2.23. The number of ether oxygens (including phenoxy) is 1. The normalized spacial score (nSPS) is 12.4. The van der Waals surface area contributed by atoms with Gasteiger partial charge in [0.05, 0.1) is 17.7 Å². The lowest BCUT2D eigenvalue weighted by atomic mass is 10.1. The molecule has 6 nitrogen and oxygen atoms in total. The summed E-state index contributed by atoms with van der Waals surface area (Å²) in [5.74, 6) is 0.0474. The van der Waals surface area contributed by atoms with Crippen molar-refractivity contribution in [2.45, 2.75) is 44.6 Å². The predicted octanol–water partition coefficient (Wildman–Crippen LogP) is 3.72. The standard InChI is InChI=1S/C20H26N2O4S/c1-5-6-15(3)22-27(24,25)17-11-12-19(26-4)18(13-17)21-20(23)16-9-7-14(2)8-10-16/h7-13,15,22H,5-6H2,1-4H3,(H,21,23)/t15-/m1/s1. The van der Waals surface area contributed by atoms with Crippen molar-refractivity contribution >= 4 is 21.6 Å². The third-order valence-electron chi connectivity index (χ3n) is 4.12. The third-order valence-corrected chi connectivity index (χ3v) is 5.71. The van der Waals surface area contributed by atoms with Gasteiger partial charge in [0, 0.05) is 11.6 Å².